The molecule has 1 aromatic rings. The van der Waals surface area contributed by atoms with Gasteiger partial charge < -0.3 is 25.3 Å². The minimum atomic E-state index is -0.208. The number of hydrogen-bond acceptors (Lipinski definition) is 6. The van der Waals surface area contributed by atoms with E-state index >= 15 is 0 Å². The lowest BCUT2D eigenvalue weighted by Crippen LogP contribution is -2.42. The highest BCUT2D eigenvalue weighted by Gasteiger charge is 2.27. The van der Waals surface area contributed by atoms with Crippen molar-refractivity contribution >= 4 is 11.8 Å². The number of aliphatic hydroxyl groups excluding tert-OH is 2. The minimum Gasteiger partial charge on any atom is -0.393 e. The van der Waals surface area contributed by atoms with E-state index in [2.05, 4.69) is 40.5 Å². The van der Waals surface area contributed by atoms with Crippen LogP contribution in [0.25, 0.3) is 0 Å². The third-order valence-electron chi connectivity index (χ3n) is 8.98. The molecule has 4 aliphatic heterocycles. The monoisotopic (exact) mass is 542 g/mol. The molecule has 8 nitrogen and oxygen atoms in total. The lowest BCUT2D eigenvalue weighted by Gasteiger charge is -2.34. The zero-order valence-electron chi connectivity index (χ0n) is 23.7. The number of aliphatic hydroxyl groups is 2. The Morgan fingerprint density at radius 3 is 1.62 bits per heavy atom. The smallest absolute Gasteiger partial charge is 0.222 e. The van der Waals surface area contributed by atoms with Crippen LogP contribution in [-0.4, -0.2) is 101 Å². The van der Waals surface area contributed by atoms with Crippen LogP contribution in [0.15, 0.2) is 30.3 Å². The van der Waals surface area contributed by atoms with E-state index in [1.807, 2.05) is 9.80 Å². The fraction of sp³-hybridized carbons (Fsp3) is 0.742. The van der Waals surface area contributed by atoms with E-state index in [4.69, 9.17) is 0 Å². The Morgan fingerprint density at radius 2 is 1.13 bits per heavy atom. The van der Waals surface area contributed by atoms with Crippen LogP contribution in [0.5, 0.6) is 0 Å². The molecule has 218 valence electrons. The van der Waals surface area contributed by atoms with Crippen LogP contribution >= 0.6 is 0 Å². The van der Waals surface area contributed by atoms with Crippen LogP contribution in [0.3, 0.4) is 0 Å². The Hall–Kier alpha value is -2.00. The van der Waals surface area contributed by atoms with Gasteiger partial charge >= 0.3 is 0 Å². The Bertz CT molecular complexity index is 855. The average Bonchev–Trinajstić information content (AvgIpc) is 2.96. The summed E-state index contributed by atoms with van der Waals surface area (Å²) in [6.45, 7) is 8.24. The maximum absolute atomic E-state index is 12.4. The van der Waals surface area contributed by atoms with Crippen molar-refractivity contribution in [2.24, 2.45) is 11.8 Å². The molecule has 0 unspecified atom stereocenters. The number of carbonyl (C=O) groups excluding carboxylic acids is 2. The van der Waals surface area contributed by atoms with Crippen molar-refractivity contribution in [1.82, 2.24) is 20.0 Å². The van der Waals surface area contributed by atoms with Crippen LogP contribution in [0.2, 0.25) is 0 Å². The molecule has 4 aliphatic rings. The Morgan fingerprint density at radius 1 is 0.667 bits per heavy atom. The summed E-state index contributed by atoms with van der Waals surface area (Å²) in [5.41, 5.74) is 1.37. The number of likely N-dealkylation sites (tertiary alicyclic amines) is 3. The van der Waals surface area contributed by atoms with E-state index < -0.39 is 0 Å². The van der Waals surface area contributed by atoms with Gasteiger partial charge in [0.25, 0.3) is 0 Å². The van der Waals surface area contributed by atoms with Gasteiger partial charge in [-0.05, 0) is 94.9 Å². The summed E-state index contributed by atoms with van der Waals surface area (Å²) < 4.78 is 0. The van der Waals surface area contributed by atoms with Crippen LogP contribution in [0.1, 0.15) is 69.8 Å². The first-order valence-corrected chi connectivity index (χ1v) is 15.3. The van der Waals surface area contributed by atoms with E-state index in [-0.39, 0.29) is 12.2 Å². The van der Waals surface area contributed by atoms with Gasteiger partial charge in [-0.2, -0.15) is 0 Å². The van der Waals surface area contributed by atoms with Gasteiger partial charge in [0, 0.05) is 45.6 Å². The first kappa shape index (κ1) is 30.0. The summed E-state index contributed by atoms with van der Waals surface area (Å²) in [4.78, 5) is 30.7. The van der Waals surface area contributed by atoms with Gasteiger partial charge in [0.2, 0.25) is 11.8 Å². The molecule has 0 saturated carbocycles. The van der Waals surface area contributed by atoms with Gasteiger partial charge in [0.15, 0.2) is 0 Å². The van der Waals surface area contributed by atoms with Crippen LogP contribution in [0.4, 0.5) is 0 Å². The molecule has 0 bridgehead atoms. The highest BCUT2D eigenvalue weighted by atomic mass is 16.3. The molecule has 5 rings (SSSR count). The summed E-state index contributed by atoms with van der Waals surface area (Å²) in [7, 11) is 0. The summed E-state index contributed by atoms with van der Waals surface area (Å²) in [6.07, 6.45) is 8.46. The third-order valence-corrected chi connectivity index (χ3v) is 8.98. The van der Waals surface area contributed by atoms with Gasteiger partial charge in [0.05, 0.1) is 12.2 Å². The molecule has 3 N–H and O–H groups in total. The van der Waals surface area contributed by atoms with E-state index in [1.54, 1.807) is 0 Å². The normalized spacial score (nSPS) is 22.8. The standard InChI is InChI=1S/C19H28N2O2.C12H22N2O2/c22-18-8-12-21(13-9-18)19(23)14-16-6-10-20(11-7-16)15-17-4-2-1-3-5-17;15-11-3-7-14(8-4-11)12(16)9-10-1-5-13-6-2-10/h1-5,16,18,22H,6-15H2;10-11,13,15H,1-9H2. The Labute approximate surface area is 234 Å². The summed E-state index contributed by atoms with van der Waals surface area (Å²) in [5, 5.41) is 22.2. The van der Waals surface area contributed by atoms with Crippen molar-refractivity contribution < 1.29 is 19.8 Å². The molecule has 4 saturated heterocycles. The zero-order chi connectivity index (χ0) is 27.5. The lowest BCUT2D eigenvalue weighted by molar-refractivity contribution is -0.135. The van der Waals surface area contributed by atoms with Crippen molar-refractivity contribution in [2.75, 3.05) is 52.4 Å². The second-order valence-electron chi connectivity index (χ2n) is 12.0. The predicted molar refractivity (Wildman–Crippen MR) is 153 cm³/mol. The number of carbonyl (C=O) groups is 2. The van der Waals surface area contributed by atoms with Crippen molar-refractivity contribution in [3.63, 3.8) is 0 Å². The fourth-order valence-corrected chi connectivity index (χ4v) is 6.26. The molecule has 4 fully saturated rings. The molecule has 0 atom stereocenters. The maximum atomic E-state index is 12.4. The number of piperidine rings is 4. The van der Waals surface area contributed by atoms with Crippen molar-refractivity contribution in [2.45, 2.75) is 83.0 Å². The van der Waals surface area contributed by atoms with E-state index in [9.17, 15) is 19.8 Å². The van der Waals surface area contributed by atoms with E-state index in [0.29, 0.717) is 36.5 Å². The van der Waals surface area contributed by atoms with Gasteiger partial charge in [-0.15, -0.1) is 0 Å². The molecule has 39 heavy (non-hydrogen) atoms. The highest BCUT2D eigenvalue weighted by molar-refractivity contribution is 5.77. The SMILES string of the molecule is O=C(CC1CCN(Cc2ccccc2)CC1)N1CCC(O)CC1.O=C(CC1CCNCC1)N1CCC(O)CC1. The number of hydrogen-bond donors (Lipinski definition) is 3. The van der Waals surface area contributed by atoms with Gasteiger partial charge in [-0.25, -0.2) is 0 Å². The van der Waals surface area contributed by atoms with E-state index in [1.165, 1.54) is 5.56 Å². The lowest BCUT2D eigenvalue weighted by atomic mass is 9.92. The summed E-state index contributed by atoms with van der Waals surface area (Å²) >= 11 is 0. The van der Waals surface area contributed by atoms with E-state index in [0.717, 1.165) is 110 Å². The number of nitrogens with zero attached hydrogens (tertiary/aromatic N) is 3. The van der Waals surface area contributed by atoms with Crippen LogP contribution in [-0.2, 0) is 16.1 Å². The number of rotatable bonds is 6. The van der Waals surface area contributed by atoms with Gasteiger partial charge in [-0.1, -0.05) is 30.3 Å². The van der Waals surface area contributed by atoms with Crippen molar-refractivity contribution in [3.05, 3.63) is 35.9 Å². The summed E-state index contributed by atoms with van der Waals surface area (Å²) in [5.74, 6) is 1.68. The second-order valence-corrected chi connectivity index (χ2v) is 12.0. The third kappa shape index (κ3) is 10.2. The molecule has 8 heteroatoms. The predicted octanol–water partition coefficient (Wildman–Crippen LogP) is 2.63. The molecule has 4 heterocycles. The van der Waals surface area contributed by atoms with Crippen LogP contribution < -0.4 is 5.32 Å². The summed E-state index contributed by atoms with van der Waals surface area (Å²) in [6, 6.07) is 10.6. The Balaban J connectivity index is 0.000000193. The highest BCUT2D eigenvalue weighted by Crippen LogP contribution is 2.24. The molecular formula is C31H50N4O4. The van der Waals surface area contributed by atoms with Crippen molar-refractivity contribution in [3.8, 4) is 0 Å². The van der Waals surface area contributed by atoms with Crippen LogP contribution in [0, 0.1) is 11.8 Å². The zero-order valence-corrected chi connectivity index (χ0v) is 23.7. The molecule has 0 spiro atoms. The molecule has 2 amide bonds. The molecule has 0 radical (unpaired) electrons. The molecule has 0 aromatic heterocycles. The van der Waals surface area contributed by atoms with Gasteiger partial charge in [-0.3, -0.25) is 14.5 Å². The Kier molecular flexibility index (Phi) is 12.1. The number of amides is 2. The number of nitrogens with one attached hydrogen (secondary N) is 1. The molecule has 0 aliphatic carbocycles. The van der Waals surface area contributed by atoms with Gasteiger partial charge in [0.1, 0.15) is 0 Å². The molecular weight excluding hydrogens is 492 g/mol. The second kappa shape index (κ2) is 15.7. The first-order chi connectivity index (χ1) is 19.0. The topological polar surface area (TPSA) is 96.3 Å². The number of benzene rings is 1. The quantitative estimate of drug-likeness (QED) is 0.512. The fourth-order valence-electron chi connectivity index (χ4n) is 6.26. The maximum Gasteiger partial charge on any atom is 0.222 e. The largest absolute Gasteiger partial charge is 0.393 e. The minimum absolute atomic E-state index is 0.192. The first-order valence-electron chi connectivity index (χ1n) is 15.3. The average molecular weight is 543 g/mol. The molecule has 1 aromatic carbocycles. The van der Waals surface area contributed by atoms with Crippen molar-refractivity contribution in [1.29, 1.82) is 0 Å².